The predicted molar refractivity (Wildman–Crippen MR) is 80.3 cm³/mol. The lowest BCUT2D eigenvalue weighted by molar-refractivity contribution is 0.251. The molecule has 8 heteroatoms. The van der Waals surface area contributed by atoms with E-state index in [2.05, 4.69) is 30.8 Å². The number of anilines is 1. The molecular formula is C14H19N7O. The minimum Gasteiger partial charge on any atom is -0.332 e. The molecule has 2 aromatic heterocycles. The van der Waals surface area contributed by atoms with E-state index in [4.69, 9.17) is 0 Å². The summed E-state index contributed by atoms with van der Waals surface area (Å²) >= 11 is 0. The molecule has 1 aliphatic carbocycles. The second kappa shape index (κ2) is 6.08. The minimum absolute atomic E-state index is 0.291. The third-order valence-electron chi connectivity index (χ3n) is 3.45. The Bertz CT molecular complexity index is 678. The number of amides is 2. The number of rotatable bonds is 5. The third-order valence-corrected chi connectivity index (χ3v) is 3.45. The fourth-order valence-electron chi connectivity index (χ4n) is 2.16. The molecule has 116 valence electrons. The maximum atomic E-state index is 12.0. The molecular weight excluding hydrogens is 282 g/mol. The van der Waals surface area contributed by atoms with E-state index in [1.807, 2.05) is 13.8 Å². The van der Waals surface area contributed by atoms with Crippen LogP contribution in [0.2, 0.25) is 0 Å². The van der Waals surface area contributed by atoms with Crippen molar-refractivity contribution in [2.45, 2.75) is 45.7 Å². The second-order valence-electron chi connectivity index (χ2n) is 5.32. The summed E-state index contributed by atoms with van der Waals surface area (Å²) in [6, 6.07) is -0.291. The Hall–Kier alpha value is -2.51. The number of aryl methyl sites for hydroxylation is 2. The number of hydrogen-bond donors (Lipinski definition) is 2. The summed E-state index contributed by atoms with van der Waals surface area (Å²) in [4.78, 5) is 22.2. The lowest BCUT2D eigenvalue weighted by Gasteiger charge is -2.10. The summed E-state index contributed by atoms with van der Waals surface area (Å²) in [7, 11) is 0. The molecule has 0 bridgehead atoms. The van der Waals surface area contributed by atoms with Crippen LogP contribution >= 0.6 is 0 Å². The van der Waals surface area contributed by atoms with Gasteiger partial charge in [0.15, 0.2) is 0 Å². The van der Waals surface area contributed by atoms with Gasteiger partial charge in [-0.1, -0.05) is 0 Å². The third kappa shape index (κ3) is 3.38. The molecule has 0 atom stereocenters. The van der Waals surface area contributed by atoms with E-state index in [1.165, 1.54) is 0 Å². The van der Waals surface area contributed by atoms with Crippen molar-refractivity contribution in [1.82, 2.24) is 30.3 Å². The number of carbonyl (C=O) groups is 1. The van der Waals surface area contributed by atoms with Crippen LogP contribution in [0.3, 0.4) is 0 Å². The van der Waals surface area contributed by atoms with Crippen molar-refractivity contribution in [3.8, 4) is 0 Å². The highest BCUT2D eigenvalue weighted by atomic mass is 16.2. The van der Waals surface area contributed by atoms with Gasteiger partial charge in [0, 0.05) is 5.92 Å². The minimum atomic E-state index is -0.291. The first kappa shape index (κ1) is 14.4. The van der Waals surface area contributed by atoms with Gasteiger partial charge < -0.3 is 10.6 Å². The van der Waals surface area contributed by atoms with Crippen LogP contribution in [0.5, 0.6) is 0 Å². The molecule has 0 spiro atoms. The SMILES string of the molecule is CCn1ncc(CNC(=O)Nc2cnc(C)nc2C2CC2)n1. The Balaban J connectivity index is 1.59. The van der Waals surface area contributed by atoms with E-state index in [9.17, 15) is 4.79 Å². The first-order valence-electron chi connectivity index (χ1n) is 7.43. The maximum absolute atomic E-state index is 12.0. The topological polar surface area (TPSA) is 97.6 Å². The zero-order chi connectivity index (χ0) is 15.5. The quantitative estimate of drug-likeness (QED) is 0.874. The summed E-state index contributed by atoms with van der Waals surface area (Å²) in [5.41, 5.74) is 2.34. The average molecular weight is 301 g/mol. The van der Waals surface area contributed by atoms with Gasteiger partial charge in [0.2, 0.25) is 0 Å². The van der Waals surface area contributed by atoms with E-state index in [0.29, 0.717) is 24.7 Å². The monoisotopic (exact) mass is 301 g/mol. The molecule has 2 aromatic rings. The van der Waals surface area contributed by atoms with E-state index in [0.717, 1.165) is 30.1 Å². The normalized spacial score (nSPS) is 13.9. The van der Waals surface area contributed by atoms with Gasteiger partial charge >= 0.3 is 6.03 Å². The van der Waals surface area contributed by atoms with Gasteiger partial charge in [-0.25, -0.2) is 14.8 Å². The molecule has 3 rings (SSSR count). The summed E-state index contributed by atoms with van der Waals surface area (Å²) < 4.78 is 0. The van der Waals surface area contributed by atoms with Crippen LogP contribution in [0.4, 0.5) is 10.5 Å². The Morgan fingerprint density at radius 1 is 1.41 bits per heavy atom. The largest absolute Gasteiger partial charge is 0.332 e. The lowest BCUT2D eigenvalue weighted by atomic mass is 10.2. The molecule has 2 N–H and O–H groups in total. The number of hydrogen-bond acceptors (Lipinski definition) is 5. The van der Waals surface area contributed by atoms with Crippen LogP contribution in [0, 0.1) is 6.92 Å². The summed E-state index contributed by atoms with van der Waals surface area (Å²) in [5, 5.41) is 13.9. The summed E-state index contributed by atoms with van der Waals surface area (Å²) in [6.07, 6.45) is 5.55. The highest BCUT2D eigenvalue weighted by Crippen LogP contribution is 2.42. The van der Waals surface area contributed by atoms with Gasteiger partial charge in [-0.15, -0.1) is 0 Å². The van der Waals surface area contributed by atoms with Crippen LogP contribution in [0.15, 0.2) is 12.4 Å². The van der Waals surface area contributed by atoms with Crippen molar-refractivity contribution < 1.29 is 4.79 Å². The highest BCUT2D eigenvalue weighted by Gasteiger charge is 2.28. The van der Waals surface area contributed by atoms with Crippen molar-refractivity contribution in [3.05, 3.63) is 29.6 Å². The van der Waals surface area contributed by atoms with E-state index >= 15 is 0 Å². The molecule has 1 fully saturated rings. The van der Waals surface area contributed by atoms with Crippen LogP contribution in [-0.2, 0) is 13.1 Å². The molecule has 0 unspecified atom stereocenters. The Kier molecular flexibility index (Phi) is 3.99. The maximum Gasteiger partial charge on any atom is 0.319 e. The number of carbonyl (C=O) groups excluding carboxylic acids is 1. The van der Waals surface area contributed by atoms with E-state index in [-0.39, 0.29) is 6.03 Å². The Morgan fingerprint density at radius 3 is 2.91 bits per heavy atom. The smallest absolute Gasteiger partial charge is 0.319 e. The standard InChI is InChI=1S/C14H19N7O/c1-3-21-17-7-11(20-21)6-16-14(22)19-12-8-15-9(2)18-13(12)10-4-5-10/h7-8,10H,3-6H2,1-2H3,(H2,16,19,22). The number of nitrogens with one attached hydrogen (secondary N) is 2. The van der Waals surface area contributed by atoms with E-state index in [1.54, 1.807) is 17.2 Å². The van der Waals surface area contributed by atoms with Crippen molar-refractivity contribution in [2.24, 2.45) is 0 Å². The lowest BCUT2D eigenvalue weighted by Crippen LogP contribution is -2.29. The predicted octanol–water partition coefficient (Wildman–Crippen LogP) is 1.60. The van der Waals surface area contributed by atoms with Gasteiger partial charge in [0.25, 0.3) is 0 Å². The van der Waals surface area contributed by atoms with Gasteiger partial charge in [0.05, 0.1) is 36.9 Å². The molecule has 0 radical (unpaired) electrons. The van der Waals surface area contributed by atoms with Gasteiger partial charge in [-0.3, -0.25) is 0 Å². The zero-order valence-electron chi connectivity index (χ0n) is 12.7. The van der Waals surface area contributed by atoms with E-state index < -0.39 is 0 Å². The van der Waals surface area contributed by atoms with Gasteiger partial charge in [-0.2, -0.15) is 15.0 Å². The van der Waals surface area contributed by atoms with Crippen molar-refractivity contribution in [3.63, 3.8) is 0 Å². The highest BCUT2D eigenvalue weighted by molar-refractivity contribution is 5.89. The first-order valence-corrected chi connectivity index (χ1v) is 7.43. The fourth-order valence-corrected chi connectivity index (χ4v) is 2.16. The molecule has 0 saturated heterocycles. The molecule has 22 heavy (non-hydrogen) atoms. The van der Waals surface area contributed by atoms with Crippen molar-refractivity contribution in [2.75, 3.05) is 5.32 Å². The summed E-state index contributed by atoms with van der Waals surface area (Å²) in [5.74, 6) is 1.17. The molecule has 2 heterocycles. The molecule has 8 nitrogen and oxygen atoms in total. The van der Waals surface area contributed by atoms with Crippen molar-refractivity contribution >= 4 is 11.7 Å². The van der Waals surface area contributed by atoms with Gasteiger partial charge in [-0.05, 0) is 26.7 Å². The number of aromatic nitrogens is 5. The second-order valence-corrected chi connectivity index (χ2v) is 5.32. The molecule has 0 aromatic carbocycles. The fraction of sp³-hybridized carbons (Fsp3) is 0.500. The number of urea groups is 1. The number of nitrogens with zero attached hydrogens (tertiary/aromatic N) is 5. The first-order chi connectivity index (χ1) is 10.7. The zero-order valence-corrected chi connectivity index (χ0v) is 12.7. The molecule has 1 aliphatic rings. The van der Waals surface area contributed by atoms with Gasteiger partial charge in [0.1, 0.15) is 11.5 Å². The Labute approximate surface area is 128 Å². The van der Waals surface area contributed by atoms with Crippen molar-refractivity contribution in [1.29, 1.82) is 0 Å². The van der Waals surface area contributed by atoms with Crippen LogP contribution in [0.1, 0.15) is 42.9 Å². The van der Waals surface area contributed by atoms with Crippen LogP contribution < -0.4 is 10.6 Å². The van der Waals surface area contributed by atoms with Crippen LogP contribution in [-0.4, -0.2) is 31.0 Å². The molecule has 0 aliphatic heterocycles. The van der Waals surface area contributed by atoms with Crippen LogP contribution in [0.25, 0.3) is 0 Å². The summed E-state index contributed by atoms with van der Waals surface area (Å²) in [6.45, 7) is 4.85. The average Bonchev–Trinajstić information content (AvgIpc) is 3.25. The molecule has 1 saturated carbocycles. The molecule has 2 amide bonds. The Morgan fingerprint density at radius 2 is 2.23 bits per heavy atom.